The van der Waals surface area contributed by atoms with Crippen LogP contribution in [-0.2, 0) is 4.74 Å². The van der Waals surface area contributed by atoms with Gasteiger partial charge in [-0.1, -0.05) is 6.07 Å². The number of hydrogen-bond donors (Lipinski definition) is 0. The molecule has 1 heterocycles. The fourth-order valence-corrected chi connectivity index (χ4v) is 1.51. The Morgan fingerprint density at radius 2 is 2.20 bits per heavy atom. The van der Waals surface area contributed by atoms with Crippen molar-refractivity contribution in [2.75, 3.05) is 13.2 Å². The summed E-state index contributed by atoms with van der Waals surface area (Å²) < 4.78 is 39.7. The highest BCUT2D eigenvalue weighted by molar-refractivity contribution is 7.12. The predicted molar refractivity (Wildman–Crippen MR) is 50.1 cm³/mol. The summed E-state index contributed by atoms with van der Waals surface area (Å²) in [6.45, 7) is -0.767. The van der Waals surface area contributed by atoms with Crippen molar-refractivity contribution in [3.63, 3.8) is 0 Å². The average molecular weight is 238 g/mol. The van der Waals surface area contributed by atoms with E-state index in [1.54, 1.807) is 17.5 Å². The Morgan fingerprint density at radius 3 is 2.73 bits per heavy atom. The number of alkyl halides is 3. The number of Topliss-reactive ketones (excluding diaryl/α,β-unsaturated/α-hetero) is 1. The van der Waals surface area contributed by atoms with Gasteiger partial charge in [-0.05, 0) is 11.4 Å². The van der Waals surface area contributed by atoms with E-state index in [1.807, 2.05) is 0 Å². The Kier molecular flexibility index (Phi) is 4.28. The summed E-state index contributed by atoms with van der Waals surface area (Å²) in [6, 6.07) is 3.31. The summed E-state index contributed by atoms with van der Waals surface area (Å²) in [7, 11) is 0. The number of rotatable bonds is 5. The molecule has 0 fully saturated rings. The molecule has 6 heteroatoms. The number of hydrogen-bond acceptors (Lipinski definition) is 3. The molecule has 0 saturated carbocycles. The molecule has 0 saturated heterocycles. The lowest BCUT2D eigenvalue weighted by Gasteiger charge is -2.05. The van der Waals surface area contributed by atoms with Gasteiger partial charge in [0.15, 0.2) is 5.78 Å². The lowest BCUT2D eigenvalue weighted by atomic mass is 10.3. The first-order chi connectivity index (χ1) is 6.99. The molecule has 0 aliphatic carbocycles. The van der Waals surface area contributed by atoms with Crippen molar-refractivity contribution in [1.29, 1.82) is 0 Å². The van der Waals surface area contributed by atoms with Gasteiger partial charge in [-0.3, -0.25) is 4.79 Å². The molecule has 0 unspecified atom stereocenters. The Bertz CT molecular complexity index is 306. The number of carbonyl (C=O) groups excluding carboxylic acids is 1. The standard InChI is InChI=1S/C9H9F3O2S/c10-9(11,12)3-4-14-6-7(13)8-2-1-5-15-8/h1-2,5H,3-4,6H2. The maximum absolute atomic E-state index is 11.7. The molecule has 0 spiro atoms. The van der Waals surface area contributed by atoms with Crippen molar-refractivity contribution in [3.8, 4) is 0 Å². The van der Waals surface area contributed by atoms with Gasteiger partial charge in [0.2, 0.25) is 0 Å². The van der Waals surface area contributed by atoms with Crippen LogP contribution in [0.5, 0.6) is 0 Å². The first-order valence-electron chi connectivity index (χ1n) is 4.20. The van der Waals surface area contributed by atoms with E-state index in [-0.39, 0.29) is 12.4 Å². The van der Waals surface area contributed by atoms with Crippen LogP contribution in [-0.4, -0.2) is 25.2 Å². The van der Waals surface area contributed by atoms with Crippen molar-refractivity contribution in [3.05, 3.63) is 22.4 Å². The highest BCUT2D eigenvalue weighted by Crippen LogP contribution is 2.19. The minimum atomic E-state index is -4.23. The Balaban J connectivity index is 2.19. The molecular weight excluding hydrogens is 229 g/mol. The lowest BCUT2D eigenvalue weighted by Crippen LogP contribution is -2.14. The maximum atomic E-state index is 11.7. The molecular formula is C9H9F3O2S. The van der Waals surface area contributed by atoms with Gasteiger partial charge in [0.05, 0.1) is 17.9 Å². The average Bonchev–Trinajstić information content (AvgIpc) is 2.63. The third-order valence-electron chi connectivity index (χ3n) is 1.56. The van der Waals surface area contributed by atoms with Crippen molar-refractivity contribution in [2.24, 2.45) is 0 Å². The van der Waals surface area contributed by atoms with Crippen LogP contribution in [0.15, 0.2) is 17.5 Å². The molecule has 1 rings (SSSR count). The van der Waals surface area contributed by atoms with E-state index >= 15 is 0 Å². The Labute approximate surface area is 88.7 Å². The molecule has 1 aromatic rings. The molecule has 0 aliphatic heterocycles. The van der Waals surface area contributed by atoms with Gasteiger partial charge in [-0.2, -0.15) is 13.2 Å². The lowest BCUT2D eigenvalue weighted by molar-refractivity contribution is -0.144. The van der Waals surface area contributed by atoms with Crippen LogP contribution >= 0.6 is 11.3 Å². The van der Waals surface area contributed by atoms with Crippen molar-refractivity contribution >= 4 is 17.1 Å². The molecule has 0 N–H and O–H groups in total. The van der Waals surface area contributed by atoms with Crippen LogP contribution in [0.4, 0.5) is 13.2 Å². The number of carbonyl (C=O) groups is 1. The summed E-state index contributed by atoms with van der Waals surface area (Å²) in [6.07, 6.45) is -5.25. The molecule has 0 radical (unpaired) electrons. The van der Waals surface area contributed by atoms with E-state index in [0.717, 1.165) is 0 Å². The quantitative estimate of drug-likeness (QED) is 0.582. The van der Waals surface area contributed by atoms with E-state index in [4.69, 9.17) is 0 Å². The van der Waals surface area contributed by atoms with Crippen LogP contribution < -0.4 is 0 Å². The summed E-state index contributed by atoms with van der Waals surface area (Å²) in [5.74, 6) is -0.285. The van der Waals surface area contributed by atoms with Gasteiger partial charge in [0.25, 0.3) is 0 Å². The van der Waals surface area contributed by atoms with E-state index in [1.165, 1.54) is 11.3 Å². The molecule has 0 atom stereocenters. The van der Waals surface area contributed by atoms with Gasteiger partial charge in [0, 0.05) is 0 Å². The zero-order valence-electron chi connectivity index (χ0n) is 7.71. The zero-order valence-corrected chi connectivity index (χ0v) is 8.53. The number of thiophene rings is 1. The third-order valence-corrected chi connectivity index (χ3v) is 2.47. The second-order valence-electron chi connectivity index (χ2n) is 2.82. The normalized spacial score (nSPS) is 11.7. The molecule has 0 aliphatic rings. The van der Waals surface area contributed by atoms with Crippen LogP contribution in [0.2, 0.25) is 0 Å². The molecule has 2 nitrogen and oxygen atoms in total. The predicted octanol–water partition coefficient (Wildman–Crippen LogP) is 2.90. The van der Waals surface area contributed by atoms with E-state index < -0.39 is 19.2 Å². The number of halogens is 3. The summed E-state index contributed by atoms with van der Waals surface area (Å²) in [4.78, 5) is 11.7. The van der Waals surface area contributed by atoms with Crippen molar-refractivity contribution < 1.29 is 22.7 Å². The highest BCUT2D eigenvalue weighted by Gasteiger charge is 2.26. The highest BCUT2D eigenvalue weighted by atomic mass is 32.1. The number of ether oxygens (including phenoxy) is 1. The molecule has 84 valence electrons. The van der Waals surface area contributed by atoms with Crippen molar-refractivity contribution in [1.82, 2.24) is 0 Å². The van der Waals surface area contributed by atoms with Gasteiger partial charge >= 0.3 is 6.18 Å². The van der Waals surface area contributed by atoms with Crippen LogP contribution in [0.3, 0.4) is 0 Å². The Hall–Kier alpha value is -0.880. The van der Waals surface area contributed by atoms with Gasteiger partial charge in [0.1, 0.15) is 6.61 Å². The van der Waals surface area contributed by atoms with E-state index in [0.29, 0.717) is 4.88 Å². The zero-order chi connectivity index (χ0) is 11.3. The van der Waals surface area contributed by atoms with Crippen LogP contribution in [0.1, 0.15) is 16.1 Å². The van der Waals surface area contributed by atoms with Crippen molar-refractivity contribution in [2.45, 2.75) is 12.6 Å². The summed E-state index contributed by atoms with van der Waals surface area (Å²) in [5, 5.41) is 1.73. The first-order valence-corrected chi connectivity index (χ1v) is 5.08. The smallest absolute Gasteiger partial charge is 0.373 e. The molecule has 0 aromatic carbocycles. The molecule has 15 heavy (non-hydrogen) atoms. The molecule has 1 aromatic heterocycles. The second-order valence-corrected chi connectivity index (χ2v) is 3.77. The van der Waals surface area contributed by atoms with E-state index in [9.17, 15) is 18.0 Å². The first kappa shape index (κ1) is 12.2. The summed E-state index contributed by atoms with van der Waals surface area (Å²) in [5.41, 5.74) is 0. The fourth-order valence-electron chi connectivity index (χ4n) is 0.861. The maximum Gasteiger partial charge on any atom is 0.391 e. The summed E-state index contributed by atoms with van der Waals surface area (Å²) >= 11 is 1.24. The number of ketones is 1. The van der Waals surface area contributed by atoms with Crippen LogP contribution in [0, 0.1) is 0 Å². The molecule has 0 bridgehead atoms. The minimum Gasteiger partial charge on any atom is -0.373 e. The largest absolute Gasteiger partial charge is 0.391 e. The third kappa shape index (κ3) is 4.94. The monoisotopic (exact) mass is 238 g/mol. The topological polar surface area (TPSA) is 26.3 Å². The fraction of sp³-hybridized carbons (Fsp3) is 0.444. The van der Waals surface area contributed by atoms with Gasteiger partial charge in [-0.15, -0.1) is 11.3 Å². The second kappa shape index (κ2) is 5.27. The van der Waals surface area contributed by atoms with Crippen LogP contribution in [0.25, 0.3) is 0 Å². The van der Waals surface area contributed by atoms with Gasteiger partial charge < -0.3 is 4.74 Å². The minimum absolute atomic E-state index is 0.285. The molecule has 0 amide bonds. The van der Waals surface area contributed by atoms with E-state index in [2.05, 4.69) is 4.74 Å². The van der Waals surface area contributed by atoms with Gasteiger partial charge in [-0.25, -0.2) is 0 Å². The Morgan fingerprint density at radius 1 is 1.47 bits per heavy atom. The SMILES string of the molecule is O=C(COCCC(F)(F)F)c1cccs1.